The van der Waals surface area contributed by atoms with Crippen molar-refractivity contribution in [2.45, 2.75) is 55.5 Å². The molecule has 1 saturated carbocycles. The van der Waals surface area contributed by atoms with E-state index < -0.39 is 0 Å². The van der Waals surface area contributed by atoms with Gasteiger partial charge in [0.05, 0.1) is 6.61 Å². The van der Waals surface area contributed by atoms with E-state index in [9.17, 15) is 5.11 Å². The molecule has 1 heterocycles. The summed E-state index contributed by atoms with van der Waals surface area (Å²) in [6.07, 6.45) is 4.66. The highest BCUT2D eigenvalue weighted by Crippen LogP contribution is 2.39. The molecule has 19 heavy (non-hydrogen) atoms. The van der Waals surface area contributed by atoms with Gasteiger partial charge in [0.2, 0.25) is 0 Å². The summed E-state index contributed by atoms with van der Waals surface area (Å²) in [4.78, 5) is 0. The number of aliphatic hydroxyl groups is 1. The Bertz CT molecular complexity index is 372. The van der Waals surface area contributed by atoms with Crippen molar-refractivity contribution in [3.05, 3.63) is 5.51 Å². The molecule has 108 valence electrons. The van der Waals surface area contributed by atoms with Crippen molar-refractivity contribution in [2.75, 3.05) is 12.4 Å². The Balaban J connectivity index is 1.86. The molecule has 2 unspecified atom stereocenters. The number of rotatable bonds is 7. The van der Waals surface area contributed by atoms with Gasteiger partial charge in [-0.15, -0.1) is 10.2 Å². The summed E-state index contributed by atoms with van der Waals surface area (Å²) < 4.78 is 1.05. The number of aliphatic hydroxyl groups excluding tert-OH is 1. The number of aromatic nitrogens is 2. The van der Waals surface area contributed by atoms with Gasteiger partial charge in [-0.3, -0.25) is 0 Å². The summed E-state index contributed by atoms with van der Waals surface area (Å²) >= 11 is 3.38. The second-order valence-electron chi connectivity index (χ2n) is 5.54. The molecule has 0 bridgehead atoms. The molecule has 2 N–H and O–H groups in total. The molecule has 2 rings (SSSR count). The molecule has 4 nitrogen and oxygen atoms in total. The Hall–Kier alpha value is -0.170. The zero-order valence-electron chi connectivity index (χ0n) is 11.6. The molecule has 1 aromatic heterocycles. The standard InChI is InChI=1S/C13H23N3OS2/c1-10(2)15-13(8-17)6-3-4-11(13)5-7-18-12-16-14-9-19-12/h9-11,15,17H,3-8H2,1-2H3. The van der Waals surface area contributed by atoms with Gasteiger partial charge < -0.3 is 10.4 Å². The lowest BCUT2D eigenvalue weighted by Crippen LogP contribution is -2.54. The average Bonchev–Trinajstić information content (AvgIpc) is 3.00. The van der Waals surface area contributed by atoms with Crippen molar-refractivity contribution in [3.8, 4) is 0 Å². The van der Waals surface area contributed by atoms with Crippen LogP contribution in [0.5, 0.6) is 0 Å². The van der Waals surface area contributed by atoms with E-state index >= 15 is 0 Å². The summed E-state index contributed by atoms with van der Waals surface area (Å²) in [5.41, 5.74) is 1.71. The first kappa shape index (κ1) is 15.2. The Morgan fingerprint density at radius 1 is 1.63 bits per heavy atom. The third-order valence-corrected chi connectivity index (χ3v) is 5.74. The van der Waals surface area contributed by atoms with Gasteiger partial charge in [-0.2, -0.15) is 0 Å². The highest BCUT2D eigenvalue weighted by atomic mass is 32.2. The first-order valence-corrected chi connectivity index (χ1v) is 8.80. The molecule has 0 radical (unpaired) electrons. The lowest BCUT2D eigenvalue weighted by Gasteiger charge is -2.37. The predicted molar refractivity (Wildman–Crippen MR) is 80.7 cm³/mol. The Kier molecular flexibility index (Phi) is 5.62. The highest BCUT2D eigenvalue weighted by molar-refractivity contribution is 8.00. The highest BCUT2D eigenvalue weighted by Gasteiger charge is 2.41. The number of hydrogen-bond acceptors (Lipinski definition) is 6. The SMILES string of the molecule is CC(C)NC1(CO)CCCC1CCSc1nncs1. The van der Waals surface area contributed by atoms with Gasteiger partial charge in [-0.1, -0.05) is 43.4 Å². The van der Waals surface area contributed by atoms with Crippen LogP contribution in [0.3, 0.4) is 0 Å². The number of hydrogen-bond donors (Lipinski definition) is 2. The van der Waals surface area contributed by atoms with Crippen LogP contribution in [0.25, 0.3) is 0 Å². The van der Waals surface area contributed by atoms with Crippen LogP contribution in [-0.4, -0.2) is 39.2 Å². The quantitative estimate of drug-likeness (QED) is 0.758. The number of nitrogens with zero attached hydrogens (tertiary/aromatic N) is 2. The topological polar surface area (TPSA) is 58.0 Å². The van der Waals surface area contributed by atoms with Gasteiger partial charge in [0.25, 0.3) is 0 Å². The third-order valence-electron chi connectivity index (χ3n) is 3.85. The van der Waals surface area contributed by atoms with Crippen molar-refractivity contribution >= 4 is 23.1 Å². The minimum absolute atomic E-state index is 0.0597. The van der Waals surface area contributed by atoms with Crippen LogP contribution in [0.4, 0.5) is 0 Å². The van der Waals surface area contributed by atoms with Crippen LogP contribution >= 0.6 is 23.1 Å². The molecule has 2 atom stereocenters. The minimum atomic E-state index is -0.0597. The molecule has 0 aromatic carbocycles. The molecule has 0 aliphatic heterocycles. The summed E-state index contributed by atoms with van der Waals surface area (Å²) in [6.45, 7) is 4.56. The van der Waals surface area contributed by atoms with E-state index in [2.05, 4.69) is 29.4 Å². The lowest BCUT2D eigenvalue weighted by atomic mass is 9.85. The van der Waals surface area contributed by atoms with Gasteiger partial charge in [-0.05, 0) is 25.2 Å². The first-order valence-electron chi connectivity index (χ1n) is 6.94. The molecule has 0 spiro atoms. The maximum Gasteiger partial charge on any atom is 0.174 e. The van der Waals surface area contributed by atoms with Crippen LogP contribution in [-0.2, 0) is 0 Å². The van der Waals surface area contributed by atoms with Crippen LogP contribution in [0.2, 0.25) is 0 Å². The second-order valence-corrected chi connectivity index (χ2v) is 7.72. The fourth-order valence-electron chi connectivity index (χ4n) is 3.10. The molecule has 0 amide bonds. The normalized spacial score (nSPS) is 27.3. The first-order chi connectivity index (χ1) is 9.16. The Morgan fingerprint density at radius 3 is 3.11 bits per heavy atom. The largest absolute Gasteiger partial charge is 0.394 e. The second kappa shape index (κ2) is 7.02. The van der Waals surface area contributed by atoms with Crippen molar-refractivity contribution in [2.24, 2.45) is 5.92 Å². The van der Waals surface area contributed by atoms with Gasteiger partial charge >= 0.3 is 0 Å². The lowest BCUT2D eigenvalue weighted by molar-refractivity contribution is 0.113. The summed E-state index contributed by atoms with van der Waals surface area (Å²) in [5.74, 6) is 1.63. The van der Waals surface area contributed by atoms with Crippen molar-refractivity contribution in [1.82, 2.24) is 15.5 Å². The van der Waals surface area contributed by atoms with Gasteiger partial charge in [0.1, 0.15) is 5.51 Å². The smallest absolute Gasteiger partial charge is 0.174 e. The van der Waals surface area contributed by atoms with E-state index in [0.717, 1.165) is 22.9 Å². The fraction of sp³-hybridized carbons (Fsp3) is 0.846. The molecular weight excluding hydrogens is 278 g/mol. The number of nitrogens with one attached hydrogen (secondary N) is 1. The molecule has 6 heteroatoms. The van der Waals surface area contributed by atoms with Crippen molar-refractivity contribution in [3.63, 3.8) is 0 Å². The zero-order chi connectivity index (χ0) is 13.7. The van der Waals surface area contributed by atoms with E-state index in [4.69, 9.17) is 0 Å². The van der Waals surface area contributed by atoms with E-state index in [-0.39, 0.29) is 12.1 Å². The monoisotopic (exact) mass is 301 g/mol. The van der Waals surface area contributed by atoms with E-state index in [1.165, 1.54) is 12.8 Å². The average molecular weight is 301 g/mol. The van der Waals surface area contributed by atoms with Gasteiger partial charge in [0.15, 0.2) is 4.34 Å². The molecule has 1 fully saturated rings. The fourth-order valence-corrected chi connectivity index (χ4v) is 4.71. The zero-order valence-corrected chi connectivity index (χ0v) is 13.3. The molecule has 1 aromatic rings. The third kappa shape index (κ3) is 3.90. The predicted octanol–water partition coefficient (Wildman–Crippen LogP) is 2.55. The van der Waals surface area contributed by atoms with Crippen LogP contribution in [0.1, 0.15) is 39.5 Å². The van der Waals surface area contributed by atoms with Gasteiger partial charge in [-0.25, -0.2) is 0 Å². The van der Waals surface area contributed by atoms with Crippen LogP contribution in [0, 0.1) is 5.92 Å². The van der Waals surface area contributed by atoms with Crippen LogP contribution in [0.15, 0.2) is 9.85 Å². The van der Waals surface area contributed by atoms with E-state index in [1.54, 1.807) is 28.6 Å². The van der Waals surface area contributed by atoms with Gasteiger partial charge in [0, 0.05) is 17.3 Å². The molecule has 1 aliphatic rings. The summed E-state index contributed by atoms with van der Waals surface area (Å²) in [7, 11) is 0. The maximum atomic E-state index is 9.83. The maximum absolute atomic E-state index is 9.83. The van der Waals surface area contributed by atoms with Crippen LogP contribution < -0.4 is 5.32 Å². The summed E-state index contributed by atoms with van der Waals surface area (Å²) in [6, 6.07) is 0.420. The van der Waals surface area contributed by atoms with E-state index in [0.29, 0.717) is 12.0 Å². The van der Waals surface area contributed by atoms with E-state index in [1.807, 2.05) is 0 Å². The van der Waals surface area contributed by atoms with Crippen molar-refractivity contribution in [1.29, 1.82) is 0 Å². The van der Waals surface area contributed by atoms with Crippen molar-refractivity contribution < 1.29 is 5.11 Å². The molecular formula is C13H23N3OS2. The Labute approximate surface area is 123 Å². The minimum Gasteiger partial charge on any atom is -0.394 e. The molecule has 1 aliphatic carbocycles. The number of thioether (sulfide) groups is 1. The Morgan fingerprint density at radius 2 is 2.47 bits per heavy atom. The molecule has 0 saturated heterocycles. The summed E-state index contributed by atoms with van der Waals surface area (Å²) in [5, 5.41) is 21.3.